The van der Waals surface area contributed by atoms with Crippen molar-refractivity contribution in [2.75, 3.05) is 12.4 Å². The van der Waals surface area contributed by atoms with Crippen molar-refractivity contribution in [2.24, 2.45) is 0 Å². The summed E-state index contributed by atoms with van der Waals surface area (Å²) in [6, 6.07) is 0. The zero-order valence-corrected chi connectivity index (χ0v) is 22.3. The van der Waals surface area contributed by atoms with Gasteiger partial charge in [-0.2, -0.15) is 8.42 Å². The molecular weight excluding hydrogens is 379 g/mol. The van der Waals surface area contributed by atoms with Gasteiger partial charge in [0.25, 0.3) is 10.1 Å². The second-order valence-corrected chi connectivity index (χ2v) is 9.85. The largest absolute Gasteiger partial charge is 1.00 e. The third-order valence-corrected chi connectivity index (χ3v) is 6.57. The Bertz CT molecular complexity index is 392. The Morgan fingerprint density at radius 1 is 0.536 bits per heavy atom. The Labute approximate surface area is 201 Å². The van der Waals surface area contributed by atoms with E-state index < -0.39 is 10.1 Å². The summed E-state index contributed by atoms with van der Waals surface area (Å²) in [5, 5.41) is 0. The minimum Gasteiger partial charge on any atom is -1.00 e. The Kier molecular flexibility index (Phi) is 26.9. The topological polar surface area (TPSA) is 43.4 Å². The molecule has 0 radical (unpaired) electrons. The van der Waals surface area contributed by atoms with Crippen molar-refractivity contribution in [3.05, 3.63) is 0 Å². The Balaban J connectivity index is -0.00000338. The van der Waals surface area contributed by atoms with Gasteiger partial charge in [0.2, 0.25) is 0 Å². The molecule has 0 aliphatic heterocycles. The van der Waals surface area contributed by atoms with E-state index in [-0.39, 0.29) is 36.7 Å². The van der Waals surface area contributed by atoms with Crippen LogP contribution in [0.25, 0.3) is 0 Å². The first-order chi connectivity index (χ1) is 13.1. The molecule has 0 aromatic rings. The standard InChI is InChI=1S/C23H48O3S.Na.H/c1-3-5-7-9-11-12-13-14-15-16-18-20-22-26-27(24,25)23-21-19-17-10-8-6-4-2;;/h3-23H2,1-2H3;;/q;+1;-1. The molecule has 0 aromatic heterocycles. The van der Waals surface area contributed by atoms with Gasteiger partial charge in [-0.15, -0.1) is 0 Å². The molecule has 0 aromatic carbocycles. The first-order valence-corrected chi connectivity index (χ1v) is 13.6. The van der Waals surface area contributed by atoms with Crippen molar-refractivity contribution >= 4 is 10.1 Å². The molecule has 0 spiro atoms. The van der Waals surface area contributed by atoms with Gasteiger partial charge in [0.05, 0.1) is 12.4 Å². The maximum Gasteiger partial charge on any atom is 1.00 e. The van der Waals surface area contributed by atoms with Gasteiger partial charge in [-0.3, -0.25) is 4.18 Å². The molecule has 0 heterocycles. The third kappa shape index (κ3) is 24.9. The number of hydrogen-bond acceptors (Lipinski definition) is 3. The molecular formula is C23H49NaO3S. The third-order valence-electron chi connectivity index (χ3n) is 5.26. The van der Waals surface area contributed by atoms with E-state index in [4.69, 9.17) is 4.18 Å². The molecule has 28 heavy (non-hydrogen) atoms. The van der Waals surface area contributed by atoms with Gasteiger partial charge in [0.15, 0.2) is 0 Å². The second-order valence-electron chi connectivity index (χ2n) is 8.09. The average Bonchev–Trinajstić information content (AvgIpc) is 2.64. The molecule has 0 unspecified atom stereocenters. The van der Waals surface area contributed by atoms with Crippen LogP contribution in [-0.4, -0.2) is 20.8 Å². The minimum atomic E-state index is -3.29. The fourth-order valence-electron chi connectivity index (χ4n) is 3.42. The molecule has 0 amide bonds. The molecule has 0 saturated carbocycles. The molecule has 0 fully saturated rings. The van der Waals surface area contributed by atoms with E-state index in [9.17, 15) is 8.42 Å². The van der Waals surface area contributed by atoms with Crippen LogP contribution in [-0.2, 0) is 14.3 Å². The Morgan fingerprint density at radius 2 is 0.857 bits per heavy atom. The molecule has 3 nitrogen and oxygen atoms in total. The van der Waals surface area contributed by atoms with E-state index in [1.165, 1.54) is 89.9 Å². The minimum absolute atomic E-state index is 0. The summed E-state index contributed by atoms with van der Waals surface area (Å²) in [5.74, 6) is 0.193. The molecule has 0 aliphatic carbocycles. The van der Waals surface area contributed by atoms with Crippen LogP contribution in [0.2, 0.25) is 0 Å². The van der Waals surface area contributed by atoms with Crippen molar-refractivity contribution in [3.63, 3.8) is 0 Å². The average molecular weight is 429 g/mol. The molecule has 0 saturated heterocycles. The van der Waals surface area contributed by atoms with E-state index in [0.29, 0.717) is 6.61 Å². The van der Waals surface area contributed by atoms with E-state index in [1.54, 1.807) is 0 Å². The normalized spacial score (nSPS) is 11.5. The van der Waals surface area contributed by atoms with E-state index >= 15 is 0 Å². The van der Waals surface area contributed by atoms with Gasteiger partial charge in [-0.25, -0.2) is 0 Å². The SMILES string of the molecule is CCCCCCCCCCCCCCOS(=O)(=O)CCCCCCCCC.[H-].[Na+]. The fraction of sp³-hybridized carbons (Fsp3) is 1.00. The zero-order chi connectivity index (χ0) is 20.1. The molecule has 0 atom stereocenters. The Hall–Kier alpha value is 0.910. The van der Waals surface area contributed by atoms with E-state index in [2.05, 4.69) is 13.8 Å². The zero-order valence-electron chi connectivity index (χ0n) is 20.5. The van der Waals surface area contributed by atoms with Gasteiger partial charge in [0, 0.05) is 0 Å². The van der Waals surface area contributed by atoms with Crippen LogP contribution in [0.3, 0.4) is 0 Å². The van der Waals surface area contributed by atoms with Crippen LogP contribution in [0.5, 0.6) is 0 Å². The van der Waals surface area contributed by atoms with Crippen LogP contribution in [0.1, 0.15) is 137 Å². The smallest absolute Gasteiger partial charge is 1.00 e. The number of hydrogen-bond donors (Lipinski definition) is 0. The molecule has 0 N–H and O–H groups in total. The van der Waals surface area contributed by atoms with Crippen molar-refractivity contribution < 1.29 is 43.6 Å². The predicted molar refractivity (Wildman–Crippen MR) is 120 cm³/mol. The van der Waals surface area contributed by atoms with Crippen LogP contribution in [0.15, 0.2) is 0 Å². The first kappa shape index (κ1) is 31.1. The van der Waals surface area contributed by atoms with Crippen LogP contribution in [0.4, 0.5) is 0 Å². The summed E-state index contributed by atoms with van der Waals surface area (Å²) in [6.07, 6.45) is 23.3. The summed E-state index contributed by atoms with van der Waals surface area (Å²) >= 11 is 0. The number of rotatable bonds is 22. The fourth-order valence-corrected chi connectivity index (χ4v) is 4.47. The molecule has 0 rings (SSSR count). The summed E-state index contributed by atoms with van der Waals surface area (Å²) in [5.41, 5.74) is 0. The quantitative estimate of drug-likeness (QED) is 0.140. The molecule has 5 heteroatoms. The summed E-state index contributed by atoms with van der Waals surface area (Å²) in [6.45, 7) is 4.84. The van der Waals surface area contributed by atoms with Crippen molar-refractivity contribution in [1.82, 2.24) is 0 Å². The van der Waals surface area contributed by atoms with Gasteiger partial charge >= 0.3 is 29.6 Å². The predicted octanol–water partition coefficient (Wildman–Crippen LogP) is 4.90. The number of unbranched alkanes of at least 4 members (excludes halogenated alkanes) is 17. The van der Waals surface area contributed by atoms with Gasteiger partial charge < -0.3 is 1.43 Å². The summed E-state index contributed by atoms with van der Waals surface area (Å²) in [7, 11) is -3.29. The van der Waals surface area contributed by atoms with Gasteiger partial charge in [0.1, 0.15) is 0 Å². The molecule has 166 valence electrons. The second kappa shape index (κ2) is 24.2. The maximum absolute atomic E-state index is 11.8. The summed E-state index contributed by atoms with van der Waals surface area (Å²) < 4.78 is 28.8. The maximum atomic E-state index is 11.8. The van der Waals surface area contributed by atoms with Crippen LogP contribution >= 0.6 is 0 Å². The Morgan fingerprint density at radius 3 is 1.25 bits per heavy atom. The summed E-state index contributed by atoms with van der Waals surface area (Å²) in [4.78, 5) is 0. The monoisotopic (exact) mass is 428 g/mol. The van der Waals surface area contributed by atoms with Crippen molar-refractivity contribution in [3.8, 4) is 0 Å². The van der Waals surface area contributed by atoms with Gasteiger partial charge in [-0.05, 0) is 12.8 Å². The van der Waals surface area contributed by atoms with Crippen LogP contribution in [0, 0.1) is 0 Å². The first-order valence-electron chi connectivity index (χ1n) is 12.0. The van der Waals surface area contributed by atoms with Gasteiger partial charge in [-0.1, -0.05) is 123 Å². The molecule has 0 bridgehead atoms. The van der Waals surface area contributed by atoms with Crippen molar-refractivity contribution in [2.45, 2.75) is 136 Å². The van der Waals surface area contributed by atoms with E-state index in [1.807, 2.05) is 0 Å². The van der Waals surface area contributed by atoms with Crippen LogP contribution < -0.4 is 29.6 Å². The van der Waals surface area contributed by atoms with Crippen molar-refractivity contribution in [1.29, 1.82) is 0 Å². The van der Waals surface area contributed by atoms with E-state index in [0.717, 1.165) is 32.1 Å². The molecule has 0 aliphatic rings.